The van der Waals surface area contributed by atoms with Crippen LogP contribution in [0, 0.1) is 11.8 Å². The van der Waals surface area contributed by atoms with Gasteiger partial charge < -0.3 is 84.3 Å². The van der Waals surface area contributed by atoms with Crippen molar-refractivity contribution in [3.63, 3.8) is 0 Å². The number of hydrogen-bond acceptors (Lipinski definition) is 16. The molecule has 0 unspecified atom stereocenters. The summed E-state index contributed by atoms with van der Waals surface area (Å²) in [5.74, 6) is -12.4. The first kappa shape index (κ1) is 72.1. The summed E-state index contributed by atoms with van der Waals surface area (Å²) in [5.41, 5.74) is 23.9. The first-order valence-corrected chi connectivity index (χ1v) is 30.2. The highest BCUT2D eigenvalue weighted by atomic mass is 16.5. The van der Waals surface area contributed by atoms with Gasteiger partial charge in [0.05, 0.1) is 12.6 Å². The molecule has 2 aromatic carbocycles. The maximum absolute atomic E-state index is 14.3. The van der Waals surface area contributed by atoms with E-state index in [9.17, 15) is 77.6 Å². The Morgan fingerprint density at radius 1 is 0.615 bits per heavy atom. The molecule has 2 saturated heterocycles. The third-order valence-corrected chi connectivity index (χ3v) is 16.0. The molecule has 5 rings (SSSR count). The third-order valence-electron chi connectivity index (χ3n) is 16.0. The maximum atomic E-state index is 14.3. The Morgan fingerprint density at radius 3 is 1.67 bits per heavy atom. The molecule has 0 aromatic heterocycles. The minimum Gasteiger partial charge on any atom is -0.481 e. The minimum atomic E-state index is -1.65. The number of nitrogens with two attached hydrogens (primary N) is 3. The molecule has 0 spiro atoms. The molecule has 2 aromatic rings. The third kappa shape index (κ3) is 20.7. The molecule has 32 nitrogen and oxygen atoms in total. The van der Waals surface area contributed by atoms with Gasteiger partial charge in [-0.25, -0.2) is 15.0 Å². The average molecular weight is 1280 g/mol. The number of fused-ring (bicyclic) bond motifs is 3. The zero-order chi connectivity index (χ0) is 67.2. The molecule has 32 heteroatoms. The number of carbonyl (C=O) groups excluding carboxylic acids is 11. The number of aliphatic hydroxyl groups excluding tert-OH is 1. The van der Waals surface area contributed by atoms with Crippen LogP contribution in [-0.2, 0) is 57.5 Å². The van der Waals surface area contributed by atoms with E-state index in [1.807, 2.05) is 54.0 Å². The summed E-state index contributed by atoms with van der Waals surface area (Å²) in [7, 11) is 0. The van der Waals surface area contributed by atoms with Crippen molar-refractivity contribution in [3.05, 3.63) is 59.7 Å². The van der Waals surface area contributed by atoms with Crippen LogP contribution in [0.5, 0.6) is 0 Å². The lowest BCUT2D eigenvalue weighted by Gasteiger charge is -2.33. The monoisotopic (exact) mass is 1280 g/mol. The number of guanidine groups is 1. The number of ether oxygens (including phenoxy) is 1. The fourth-order valence-corrected chi connectivity index (χ4v) is 11.0. The lowest BCUT2D eigenvalue weighted by molar-refractivity contribution is -0.146. The van der Waals surface area contributed by atoms with E-state index >= 15 is 0 Å². The van der Waals surface area contributed by atoms with E-state index in [0.717, 1.165) is 32.1 Å². The zero-order valence-electron chi connectivity index (χ0n) is 51.5. The first-order valence-electron chi connectivity index (χ1n) is 30.2. The summed E-state index contributed by atoms with van der Waals surface area (Å²) in [5, 5.41) is 47.6. The fraction of sp³-hybridized carbons (Fsp3) is 0.559. The van der Waals surface area contributed by atoms with Gasteiger partial charge in [-0.15, -0.1) is 0 Å². The highest BCUT2D eigenvalue weighted by molar-refractivity contribution is 5.99. The van der Waals surface area contributed by atoms with Gasteiger partial charge in [0.1, 0.15) is 54.9 Å². The van der Waals surface area contributed by atoms with Crippen molar-refractivity contribution in [2.75, 3.05) is 32.8 Å². The lowest BCUT2D eigenvalue weighted by Crippen LogP contribution is -2.61. The lowest BCUT2D eigenvalue weighted by atomic mass is 9.97. The molecule has 2 aliphatic heterocycles. The smallest absolute Gasteiger partial charge is 0.407 e. The molecular formula is C59H85N15O17. The topological polar surface area (TPSA) is 497 Å². The predicted octanol–water partition coefficient (Wildman–Crippen LogP) is -2.02. The van der Waals surface area contributed by atoms with E-state index in [-0.39, 0.29) is 76.6 Å². The Labute approximate surface area is 525 Å². The molecule has 1 aliphatic carbocycles. The normalized spacial score (nSPS) is 17.5. The van der Waals surface area contributed by atoms with E-state index in [0.29, 0.717) is 6.42 Å². The van der Waals surface area contributed by atoms with Crippen LogP contribution in [0.25, 0.3) is 11.1 Å². The Hall–Kier alpha value is -9.62. The van der Waals surface area contributed by atoms with E-state index < -0.39 is 176 Å². The summed E-state index contributed by atoms with van der Waals surface area (Å²) in [6.45, 7) is 6.81. The number of aliphatic hydroxyl groups is 1. The number of carboxylic acids is 2. The van der Waals surface area contributed by atoms with Gasteiger partial charge in [0.2, 0.25) is 47.3 Å². The van der Waals surface area contributed by atoms with E-state index in [1.54, 1.807) is 27.7 Å². The number of hydrogen-bond donors (Lipinski definition) is 15. The number of nitrogens with zero attached hydrogens (tertiary/aromatic N) is 3. The predicted molar refractivity (Wildman–Crippen MR) is 325 cm³/mol. The number of aliphatic imine (C=N–C) groups is 1. The van der Waals surface area contributed by atoms with Gasteiger partial charge >= 0.3 is 24.1 Å². The number of amides is 12. The SMILES string of the molecule is CC[C@H](C)[C@H](NC(=O)[C@H](CCC(=O)O)NC(=O)[C@H](CCCN=C(N)N)NC(=O)OCC1c2ccccc2-c2ccccc21)C(=O)NCC(=O)N[C@@H](CCC(=O)O)C(=O)N1CCC[C@H]1C(=O)N[C@H](C(=O)N1CCC[C@H]1C(=O)N[C@H](C(=O)NNC(N)=O)C(C)C)[C@@H](C)O. The molecule has 3 aliphatic rings. The molecule has 91 heavy (non-hydrogen) atoms. The molecule has 12 amide bonds. The largest absolute Gasteiger partial charge is 0.481 e. The van der Waals surface area contributed by atoms with E-state index in [4.69, 9.17) is 21.9 Å². The number of likely N-dealkylation sites (tertiary alicyclic amines) is 2. The molecule has 498 valence electrons. The summed E-state index contributed by atoms with van der Waals surface area (Å²) >= 11 is 0. The number of carbonyl (C=O) groups is 13. The van der Waals surface area contributed by atoms with Crippen molar-refractivity contribution in [1.29, 1.82) is 0 Å². The Morgan fingerprint density at radius 2 is 1.14 bits per heavy atom. The molecule has 0 bridgehead atoms. The molecule has 0 saturated carbocycles. The van der Waals surface area contributed by atoms with E-state index in [1.165, 1.54) is 6.92 Å². The van der Waals surface area contributed by atoms with Crippen LogP contribution in [0.3, 0.4) is 0 Å². The van der Waals surface area contributed by atoms with Crippen LogP contribution in [0.2, 0.25) is 0 Å². The fourth-order valence-electron chi connectivity index (χ4n) is 11.0. The zero-order valence-corrected chi connectivity index (χ0v) is 51.5. The second-order valence-corrected chi connectivity index (χ2v) is 22.9. The van der Waals surface area contributed by atoms with Crippen LogP contribution < -0.4 is 65.3 Å². The molecule has 0 radical (unpaired) electrons. The van der Waals surface area contributed by atoms with E-state index in [2.05, 4.69) is 47.6 Å². The van der Waals surface area contributed by atoms with Gasteiger partial charge in [0.15, 0.2) is 5.96 Å². The van der Waals surface area contributed by atoms with Crippen LogP contribution in [0.15, 0.2) is 53.5 Å². The number of hydrazine groups is 1. The van der Waals surface area contributed by atoms with Crippen molar-refractivity contribution >= 4 is 83.2 Å². The van der Waals surface area contributed by atoms with Crippen LogP contribution in [0.1, 0.15) is 122 Å². The Balaban J connectivity index is 1.23. The van der Waals surface area contributed by atoms with Crippen LogP contribution in [0.4, 0.5) is 9.59 Å². The van der Waals surface area contributed by atoms with Crippen molar-refractivity contribution in [1.82, 2.24) is 57.9 Å². The second kappa shape index (κ2) is 34.4. The maximum Gasteiger partial charge on any atom is 0.407 e. The summed E-state index contributed by atoms with van der Waals surface area (Å²) in [6, 6.07) is 2.98. The van der Waals surface area contributed by atoms with Gasteiger partial charge in [0, 0.05) is 38.4 Å². The number of aliphatic carboxylic acids is 2. The first-order chi connectivity index (χ1) is 43.1. The number of urea groups is 1. The quantitative estimate of drug-likeness (QED) is 0.0163. The summed E-state index contributed by atoms with van der Waals surface area (Å²) in [6.07, 6.45) is -3.68. The average Bonchev–Trinajstić information content (AvgIpc) is 1.64. The van der Waals surface area contributed by atoms with Gasteiger partial charge in [-0.3, -0.25) is 63.2 Å². The molecule has 18 N–H and O–H groups in total. The Kier molecular flexibility index (Phi) is 27.2. The highest BCUT2D eigenvalue weighted by Gasteiger charge is 2.44. The molecule has 10 atom stereocenters. The van der Waals surface area contributed by atoms with Gasteiger partial charge in [-0.05, 0) is 92.4 Å². The van der Waals surface area contributed by atoms with Crippen LogP contribution >= 0.6 is 0 Å². The van der Waals surface area contributed by atoms with Gasteiger partial charge in [0.25, 0.3) is 5.91 Å². The number of primary amides is 1. The van der Waals surface area contributed by atoms with Crippen molar-refractivity contribution < 1.29 is 82.4 Å². The summed E-state index contributed by atoms with van der Waals surface area (Å²) < 4.78 is 5.69. The molecule has 2 fully saturated rings. The number of nitrogens with one attached hydrogen (secondary N) is 9. The van der Waals surface area contributed by atoms with Crippen molar-refractivity contribution in [3.8, 4) is 11.1 Å². The number of carboxylic acid groups (broad SMARTS) is 2. The van der Waals surface area contributed by atoms with Crippen molar-refractivity contribution in [2.45, 2.75) is 166 Å². The number of benzene rings is 2. The van der Waals surface area contributed by atoms with Crippen molar-refractivity contribution in [2.24, 2.45) is 34.0 Å². The second-order valence-electron chi connectivity index (χ2n) is 22.9. The molecule has 2 heterocycles. The highest BCUT2D eigenvalue weighted by Crippen LogP contribution is 2.44. The standard InChI is InChI=1S/C59H85N15O17/c1-6-31(4)47(69-50(82)39(21-23-44(77)78)66-49(81)38(18-11-25-63-57(60)61)67-59(90)91-29-37-35-16-9-7-14-33(35)34-15-8-10-17-36(34)37)53(85)64-28-43(76)65-40(22-24-45(79)80)55(87)73-26-12-19-41(73)52(84)70-48(32(5)75)56(88)74-27-13-20-42(74)51(83)68-46(30(2)3)54(86)71-72-58(62)89/h7-10,14-17,30-32,37-42,46-48,75H,6,11-13,18-29H2,1-5H3,(H,64,85)(H,65,76)(H,66,81)(H,67,90)(H,68,83)(H,69,82)(H,70,84)(H,71,86)(H,77,78)(H,79,80)(H4,60,61,63)(H3,62,72,89)/t31-,32+,38-,39-,40-,41-,42-,46-,47-,48-/m0/s1. The van der Waals surface area contributed by atoms with Crippen LogP contribution in [-0.4, -0.2) is 196 Å². The number of rotatable bonds is 32. The van der Waals surface area contributed by atoms with Gasteiger partial charge in [-0.1, -0.05) is 82.6 Å². The number of alkyl carbamates (subject to hydrolysis) is 1. The molecular weight excluding hydrogens is 1190 g/mol. The Bertz CT molecular complexity index is 2990. The minimum absolute atomic E-state index is 0.0267. The summed E-state index contributed by atoms with van der Waals surface area (Å²) in [4.78, 5) is 179. The van der Waals surface area contributed by atoms with Gasteiger partial charge in [-0.2, -0.15) is 0 Å².